The Hall–Kier alpha value is -2.36. The summed E-state index contributed by atoms with van der Waals surface area (Å²) in [4.78, 5) is 2.53. The molecule has 0 amide bonds. The number of pyridine rings is 1. The zero-order chi connectivity index (χ0) is 25.4. The highest BCUT2D eigenvalue weighted by molar-refractivity contribution is 7.85. The number of anilines is 1. The second-order valence-corrected chi connectivity index (χ2v) is 10.7. The second-order valence-electron chi connectivity index (χ2n) is 9.20. The molecule has 2 aromatic rings. The molecule has 1 heterocycles. The molecule has 0 saturated heterocycles. The van der Waals surface area contributed by atoms with E-state index in [4.69, 9.17) is 0 Å². The van der Waals surface area contributed by atoms with Crippen molar-refractivity contribution in [3.8, 4) is 11.8 Å². The zero-order valence-electron chi connectivity index (χ0n) is 21.5. The van der Waals surface area contributed by atoms with Crippen molar-refractivity contribution in [2.75, 3.05) is 23.7 Å². The molecule has 0 N–H and O–H groups in total. The lowest BCUT2D eigenvalue weighted by Gasteiger charge is -2.25. The van der Waals surface area contributed by atoms with Gasteiger partial charge in [-0.05, 0) is 43.5 Å². The predicted molar refractivity (Wildman–Crippen MR) is 143 cm³/mol. The molecule has 0 radical (unpaired) electrons. The maximum atomic E-state index is 10.7. The number of unbranched alkanes of at least 4 members (excludes halogenated alkanes) is 7. The molecule has 1 aromatic heterocycles. The van der Waals surface area contributed by atoms with Crippen LogP contribution in [0.25, 0.3) is 0 Å². The molecule has 0 bridgehead atoms. The number of aromatic nitrogens is 1. The SMILES string of the molecule is CCCCCCN(CCCCCC)c1ccc(C#Cc2cc[n+](CCCCS(=O)(=O)[O-])cc2)cc1. The molecule has 0 aliphatic carbocycles. The Labute approximate surface area is 213 Å². The lowest BCUT2D eigenvalue weighted by molar-refractivity contribution is -0.697. The number of hydrogen-bond acceptors (Lipinski definition) is 4. The van der Waals surface area contributed by atoms with Gasteiger partial charge in [0.05, 0.1) is 10.1 Å². The lowest BCUT2D eigenvalue weighted by Crippen LogP contribution is -2.32. The van der Waals surface area contributed by atoms with Crippen molar-refractivity contribution in [3.05, 3.63) is 59.9 Å². The summed E-state index contributed by atoms with van der Waals surface area (Å²) in [5.41, 5.74) is 3.22. The normalized spacial score (nSPS) is 11.2. The largest absolute Gasteiger partial charge is 0.748 e. The van der Waals surface area contributed by atoms with Gasteiger partial charge in [0.25, 0.3) is 0 Å². The van der Waals surface area contributed by atoms with Crippen LogP contribution in [0, 0.1) is 11.8 Å². The van der Waals surface area contributed by atoms with Crippen molar-refractivity contribution in [3.63, 3.8) is 0 Å². The van der Waals surface area contributed by atoms with E-state index in [9.17, 15) is 13.0 Å². The molecule has 1 aromatic carbocycles. The fourth-order valence-corrected chi connectivity index (χ4v) is 4.55. The Morgan fingerprint density at radius 3 is 1.80 bits per heavy atom. The van der Waals surface area contributed by atoms with Crippen LogP contribution in [-0.4, -0.2) is 31.8 Å². The molecule has 0 unspecified atom stereocenters. The van der Waals surface area contributed by atoms with Crippen LogP contribution in [0.4, 0.5) is 5.69 Å². The molecular weight excluding hydrogens is 456 g/mol. The third kappa shape index (κ3) is 12.8. The molecular formula is C29H42N2O3S. The Morgan fingerprint density at radius 2 is 1.29 bits per heavy atom. The van der Waals surface area contributed by atoms with E-state index in [1.807, 2.05) is 29.1 Å². The average Bonchev–Trinajstić information content (AvgIpc) is 2.85. The third-order valence-electron chi connectivity index (χ3n) is 6.10. The first-order valence-electron chi connectivity index (χ1n) is 13.2. The fourth-order valence-electron chi connectivity index (χ4n) is 3.99. The minimum atomic E-state index is -4.12. The van der Waals surface area contributed by atoms with Gasteiger partial charge < -0.3 is 9.45 Å². The monoisotopic (exact) mass is 498 g/mol. The van der Waals surface area contributed by atoms with Crippen LogP contribution in [0.5, 0.6) is 0 Å². The van der Waals surface area contributed by atoms with Crippen LogP contribution < -0.4 is 9.47 Å². The van der Waals surface area contributed by atoms with Gasteiger partial charge in [0.1, 0.15) is 6.54 Å². The Kier molecular flexibility index (Phi) is 13.5. The van der Waals surface area contributed by atoms with E-state index in [0.29, 0.717) is 19.4 Å². The van der Waals surface area contributed by atoms with E-state index in [2.05, 4.69) is 54.9 Å². The van der Waals surface area contributed by atoms with Gasteiger partial charge in [0.15, 0.2) is 12.4 Å². The zero-order valence-corrected chi connectivity index (χ0v) is 22.4. The first kappa shape index (κ1) is 28.9. The van der Waals surface area contributed by atoms with Crippen molar-refractivity contribution < 1.29 is 17.5 Å². The Bertz CT molecular complexity index is 995. The summed E-state index contributed by atoms with van der Waals surface area (Å²) >= 11 is 0. The van der Waals surface area contributed by atoms with Crippen molar-refractivity contribution in [2.24, 2.45) is 0 Å². The van der Waals surface area contributed by atoms with Crippen molar-refractivity contribution in [2.45, 2.75) is 84.6 Å². The van der Waals surface area contributed by atoms with E-state index < -0.39 is 10.1 Å². The van der Waals surface area contributed by atoms with E-state index in [1.54, 1.807) is 0 Å². The highest BCUT2D eigenvalue weighted by Crippen LogP contribution is 2.18. The molecule has 192 valence electrons. The Morgan fingerprint density at radius 1 is 0.743 bits per heavy atom. The predicted octanol–water partition coefficient (Wildman–Crippen LogP) is 5.67. The van der Waals surface area contributed by atoms with Crippen LogP contribution in [0.2, 0.25) is 0 Å². The number of nitrogens with zero attached hydrogens (tertiary/aromatic N) is 2. The summed E-state index contributed by atoms with van der Waals surface area (Å²) < 4.78 is 34.0. The third-order valence-corrected chi connectivity index (χ3v) is 6.89. The molecule has 0 aliphatic rings. The first-order chi connectivity index (χ1) is 16.9. The molecule has 6 heteroatoms. The van der Waals surface area contributed by atoms with E-state index >= 15 is 0 Å². The van der Waals surface area contributed by atoms with Crippen molar-refractivity contribution in [1.29, 1.82) is 0 Å². The van der Waals surface area contributed by atoms with Gasteiger partial charge in [-0.1, -0.05) is 64.2 Å². The topological polar surface area (TPSA) is 64.3 Å². The van der Waals surface area contributed by atoms with Crippen molar-refractivity contribution in [1.82, 2.24) is 0 Å². The van der Waals surface area contributed by atoms with Gasteiger partial charge >= 0.3 is 0 Å². The van der Waals surface area contributed by atoms with Crippen molar-refractivity contribution >= 4 is 15.8 Å². The smallest absolute Gasteiger partial charge is 0.170 e. The minimum absolute atomic E-state index is 0.300. The van der Waals surface area contributed by atoms with Gasteiger partial charge in [0.2, 0.25) is 0 Å². The van der Waals surface area contributed by atoms with Gasteiger partial charge in [-0.15, -0.1) is 0 Å². The van der Waals surface area contributed by atoms with Gasteiger partial charge in [-0.3, -0.25) is 0 Å². The fraction of sp³-hybridized carbons (Fsp3) is 0.552. The molecule has 2 rings (SSSR count). The van der Waals surface area contributed by atoms with Crippen LogP contribution in [0.15, 0.2) is 48.8 Å². The number of benzene rings is 1. The molecule has 0 fully saturated rings. The van der Waals surface area contributed by atoms with E-state index in [0.717, 1.165) is 24.2 Å². The van der Waals surface area contributed by atoms with Gasteiger partial charge in [0, 0.05) is 54.2 Å². The lowest BCUT2D eigenvalue weighted by atomic mass is 10.1. The summed E-state index contributed by atoms with van der Waals surface area (Å²) in [5, 5.41) is 0. The number of aryl methyl sites for hydroxylation is 1. The minimum Gasteiger partial charge on any atom is -0.748 e. The van der Waals surface area contributed by atoms with E-state index in [-0.39, 0.29) is 5.75 Å². The molecule has 0 spiro atoms. The second kappa shape index (κ2) is 16.3. The maximum Gasteiger partial charge on any atom is 0.170 e. The van der Waals surface area contributed by atoms with Crippen LogP contribution in [0.1, 0.15) is 89.2 Å². The summed E-state index contributed by atoms with van der Waals surface area (Å²) in [6.45, 7) is 7.43. The maximum absolute atomic E-state index is 10.7. The first-order valence-corrected chi connectivity index (χ1v) is 14.8. The Balaban J connectivity index is 1.91. The standard InChI is InChI=1S/C29H42N2O3S/c1-3-5-7-9-22-31(23-10-8-6-4-2)29-17-15-27(16-18-29)13-14-28-19-24-30(25-20-28)21-11-12-26-35(32,33)34/h15-20,24-25H,3-12,21-23,26H2,1-2H3. The molecule has 5 nitrogen and oxygen atoms in total. The summed E-state index contributed by atoms with van der Waals surface area (Å²) in [7, 11) is -4.12. The van der Waals surface area contributed by atoms with E-state index in [1.165, 1.54) is 57.1 Å². The molecule has 0 atom stereocenters. The number of rotatable bonds is 16. The number of hydrogen-bond donors (Lipinski definition) is 0. The highest BCUT2D eigenvalue weighted by atomic mass is 32.2. The van der Waals surface area contributed by atoms with Gasteiger partial charge in [-0.25, -0.2) is 13.0 Å². The van der Waals surface area contributed by atoms with Crippen LogP contribution in [0.3, 0.4) is 0 Å². The van der Waals surface area contributed by atoms with Crippen LogP contribution in [-0.2, 0) is 16.7 Å². The van der Waals surface area contributed by atoms with Crippen LogP contribution >= 0.6 is 0 Å². The summed E-state index contributed by atoms with van der Waals surface area (Å²) in [6, 6.07) is 12.5. The molecule has 0 saturated carbocycles. The summed E-state index contributed by atoms with van der Waals surface area (Å²) in [5.74, 6) is 6.18. The quantitative estimate of drug-likeness (QED) is 0.130. The van der Waals surface area contributed by atoms with Gasteiger partial charge in [-0.2, -0.15) is 0 Å². The average molecular weight is 499 g/mol. The summed E-state index contributed by atoms with van der Waals surface area (Å²) in [6.07, 6.45) is 15.1. The molecule has 0 aliphatic heterocycles. The highest BCUT2D eigenvalue weighted by Gasteiger charge is 2.06. The molecule has 35 heavy (non-hydrogen) atoms.